The summed E-state index contributed by atoms with van der Waals surface area (Å²) in [5.41, 5.74) is -0.680. The average Bonchev–Trinajstić information content (AvgIpc) is 2.32. The molecule has 1 amide bonds. The highest BCUT2D eigenvalue weighted by atomic mass is 35.5. The van der Waals surface area contributed by atoms with Gasteiger partial charge in [-0.05, 0) is 20.8 Å². The van der Waals surface area contributed by atoms with Crippen molar-refractivity contribution in [2.45, 2.75) is 45.8 Å². The van der Waals surface area contributed by atoms with E-state index in [-0.39, 0.29) is 23.2 Å². The highest BCUT2D eigenvalue weighted by molar-refractivity contribution is 8.14. The van der Waals surface area contributed by atoms with Crippen molar-refractivity contribution in [3.8, 4) is 0 Å². The molecule has 6 nitrogen and oxygen atoms in total. The van der Waals surface area contributed by atoms with Gasteiger partial charge in [0, 0.05) is 6.92 Å². The number of amides is 1. The summed E-state index contributed by atoms with van der Waals surface area (Å²) in [7, 11) is 0. The molecule has 0 radical (unpaired) electrons. The maximum absolute atomic E-state index is 11.7. The molecule has 0 heterocycles. The fourth-order valence-electron chi connectivity index (χ4n) is 1.29. The Kier molecular flexibility index (Phi) is 8.58. The third-order valence-electron chi connectivity index (χ3n) is 2.05. The highest BCUT2D eigenvalue weighted by Crippen LogP contribution is 2.10. The van der Waals surface area contributed by atoms with Gasteiger partial charge in [-0.1, -0.05) is 11.8 Å². The Morgan fingerprint density at radius 3 is 2.24 bits per heavy atom. The summed E-state index contributed by atoms with van der Waals surface area (Å²) >= 11 is 6.28. The van der Waals surface area contributed by atoms with E-state index in [0.29, 0.717) is 0 Å². The molecule has 0 bridgehead atoms. The number of ether oxygens (including phenoxy) is 1. The van der Waals surface area contributed by atoms with Crippen LogP contribution in [0.5, 0.6) is 0 Å². The second-order valence-electron chi connectivity index (χ2n) is 5.29. The van der Waals surface area contributed by atoms with Crippen molar-refractivity contribution >= 4 is 46.1 Å². The van der Waals surface area contributed by atoms with Crippen LogP contribution in [-0.2, 0) is 23.9 Å². The molecular formula is C13H20ClNO5S. The Morgan fingerprint density at radius 1 is 1.24 bits per heavy atom. The molecule has 0 aliphatic heterocycles. The Balaban J connectivity index is 4.60. The van der Waals surface area contributed by atoms with Crippen LogP contribution in [0.25, 0.3) is 0 Å². The predicted molar refractivity (Wildman–Crippen MR) is 81.3 cm³/mol. The largest absolute Gasteiger partial charge is 0.460 e. The third kappa shape index (κ3) is 10.3. The lowest BCUT2D eigenvalue weighted by atomic mass is 10.1. The van der Waals surface area contributed by atoms with E-state index in [2.05, 4.69) is 5.32 Å². The van der Waals surface area contributed by atoms with Gasteiger partial charge in [0.1, 0.15) is 5.60 Å². The average molecular weight is 338 g/mol. The summed E-state index contributed by atoms with van der Waals surface area (Å²) in [6.07, 6.45) is -0.292. The minimum Gasteiger partial charge on any atom is -0.460 e. The number of carbonyl (C=O) groups is 4. The number of halogens is 1. The van der Waals surface area contributed by atoms with Gasteiger partial charge in [0.05, 0.1) is 24.1 Å². The van der Waals surface area contributed by atoms with Crippen LogP contribution in [0.2, 0.25) is 0 Å². The van der Waals surface area contributed by atoms with Crippen molar-refractivity contribution in [3.63, 3.8) is 0 Å². The number of rotatable bonds is 7. The van der Waals surface area contributed by atoms with E-state index in [9.17, 15) is 19.2 Å². The molecule has 0 aliphatic carbocycles. The molecule has 1 unspecified atom stereocenters. The first-order valence-electron chi connectivity index (χ1n) is 6.28. The molecule has 1 N–H and O–H groups in total. The third-order valence-corrected chi connectivity index (χ3v) is 3.13. The highest BCUT2D eigenvalue weighted by Gasteiger charge is 2.26. The summed E-state index contributed by atoms with van der Waals surface area (Å²) in [6.45, 7) is 6.43. The molecule has 0 aromatic carbocycles. The number of alkyl halides is 1. The van der Waals surface area contributed by atoms with E-state index in [1.165, 1.54) is 6.92 Å². The van der Waals surface area contributed by atoms with Crippen molar-refractivity contribution in [2.24, 2.45) is 0 Å². The summed E-state index contributed by atoms with van der Waals surface area (Å²) in [6, 6.07) is -1.04. The quantitative estimate of drug-likeness (QED) is 0.556. The lowest BCUT2D eigenvalue weighted by molar-refractivity contribution is -0.156. The molecule has 0 spiro atoms. The maximum Gasteiger partial charge on any atom is 0.308 e. The van der Waals surface area contributed by atoms with Crippen LogP contribution in [0, 0.1) is 0 Å². The summed E-state index contributed by atoms with van der Waals surface area (Å²) in [5.74, 6) is -2.04. The second kappa shape index (κ2) is 9.04. The number of hydrogen-bond acceptors (Lipinski definition) is 6. The van der Waals surface area contributed by atoms with E-state index >= 15 is 0 Å². The first-order valence-corrected chi connectivity index (χ1v) is 7.80. The first kappa shape index (κ1) is 19.9. The SMILES string of the molecule is CC(=O)SCC(=O)NC(CC(=O)OC(C)(C)C)C(=O)CCl. The topological polar surface area (TPSA) is 89.5 Å². The van der Waals surface area contributed by atoms with E-state index in [4.69, 9.17) is 16.3 Å². The molecule has 0 aromatic heterocycles. The first-order chi connectivity index (χ1) is 9.55. The van der Waals surface area contributed by atoms with Gasteiger partial charge in [-0.2, -0.15) is 0 Å². The summed E-state index contributed by atoms with van der Waals surface area (Å²) in [4.78, 5) is 45.8. The molecule has 8 heteroatoms. The van der Waals surface area contributed by atoms with Crippen molar-refractivity contribution in [3.05, 3.63) is 0 Å². The Morgan fingerprint density at radius 2 is 1.81 bits per heavy atom. The lowest BCUT2D eigenvalue weighted by Gasteiger charge is -2.22. The Bertz CT molecular complexity index is 419. The monoisotopic (exact) mass is 337 g/mol. The molecule has 0 saturated heterocycles. The molecule has 0 saturated carbocycles. The molecule has 0 aliphatic rings. The second-order valence-corrected chi connectivity index (χ2v) is 6.71. The number of hydrogen-bond donors (Lipinski definition) is 1. The van der Waals surface area contributed by atoms with E-state index in [1.54, 1.807) is 20.8 Å². The van der Waals surface area contributed by atoms with Gasteiger partial charge in [0.15, 0.2) is 10.9 Å². The van der Waals surface area contributed by atoms with Gasteiger partial charge in [-0.3, -0.25) is 19.2 Å². The van der Waals surface area contributed by atoms with Crippen molar-refractivity contribution in [2.75, 3.05) is 11.6 Å². The van der Waals surface area contributed by atoms with Crippen LogP contribution in [0.3, 0.4) is 0 Å². The van der Waals surface area contributed by atoms with Crippen LogP contribution in [-0.4, -0.2) is 46.1 Å². The number of ketones is 1. The van der Waals surface area contributed by atoms with E-state index in [0.717, 1.165) is 11.8 Å². The normalized spacial score (nSPS) is 12.4. The smallest absolute Gasteiger partial charge is 0.308 e. The van der Waals surface area contributed by atoms with Gasteiger partial charge in [-0.15, -0.1) is 11.6 Å². The zero-order chi connectivity index (χ0) is 16.6. The van der Waals surface area contributed by atoms with E-state index in [1.807, 2.05) is 0 Å². The van der Waals surface area contributed by atoms with Gasteiger partial charge in [0.25, 0.3) is 0 Å². The Labute approximate surface area is 133 Å². The van der Waals surface area contributed by atoms with Crippen LogP contribution in [0.1, 0.15) is 34.1 Å². The lowest BCUT2D eigenvalue weighted by Crippen LogP contribution is -2.44. The van der Waals surface area contributed by atoms with Crippen LogP contribution < -0.4 is 5.32 Å². The molecule has 0 rings (SSSR count). The predicted octanol–water partition coefficient (Wildman–Crippen LogP) is 1.29. The zero-order valence-electron chi connectivity index (χ0n) is 12.5. The number of nitrogens with one attached hydrogen (secondary N) is 1. The standard InChI is InChI=1S/C13H20ClNO5S/c1-8(16)21-7-11(18)15-9(10(17)6-14)5-12(19)20-13(2,3)4/h9H,5-7H2,1-4H3,(H,15,18). The number of carbonyl (C=O) groups excluding carboxylic acids is 4. The molecule has 120 valence electrons. The minimum absolute atomic E-state index is 0.115. The van der Waals surface area contributed by atoms with Gasteiger partial charge < -0.3 is 10.1 Å². The molecule has 0 fully saturated rings. The van der Waals surface area contributed by atoms with Crippen molar-refractivity contribution in [1.82, 2.24) is 5.32 Å². The van der Waals surface area contributed by atoms with Gasteiger partial charge >= 0.3 is 5.97 Å². The van der Waals surface area contributed by atoms with E-state index < -0.39 is 29.3 Å². The van der Waals surface area contributed by atoms with Gasteiger partial charge in [0.2, 0.25) is 5.91 Å². The molecule has 21 heavy (non-hydrogen) atoms. The fourth-order valence-corrected chi connectivity index (χ4v) is 1.90. The van der Waals surface area contributed by atoms with Gasteiger partial charge in [-0.25, -0.2) is 0 Å². The molecule has 1 atom stereocenters. The van der Waals surface area contributed by atoms with Crippen molar-refractivity contribution < 1.29 is 23.9 Å². The van der Waals surface area contributed by atoms with Crippen LogP contribution >= 0.6 is 23.4 Å². The fraction of sp³-hybridized carbons (Fsp3) is 0.692. The summed E-state index contributed by atoms with van der Waals surface area (Å²) < 4.78 is 5.10. The molecular weight excluding hydrogens is 318 g/mol. The summed E-state index contributed by atoms with van der Waals surface area (Å²) in [5, 5.41) is 2.18. The van der Waals surface area contributed by atoms with Crippen LogP contribution in [0.4, 0.5) is 0 Å². The minimum atomic E-state index is -1.04. The Hall–Kier alpha value is -1.08. The zero-order valence-corrected chi connectivity index (χ0v) is 14.1. The molecule has 0 aromatic rings. The van der Waals surface area contributed by atoms with Crippen molar-refractivity contribution in [1.29, 1.82) is 0 Å². The number of thioether (sulfide) groups is 1. The van der Waals surface area contributed by atoms with Crippen LogP contribution in [0.15, 0.2) is 0 Å². The maximum atomic E-state index is 11.7. The number of Topliss-reactive ketones (excluding diaryl/α,β-unsaturated/α-hetero) is 1. The number of esters is 1.